The molecule has 4 heteroatoms. The summed E-state index contributed by atoms with van der Waals surface area (Å²) in [4.78, 5) is 2.32. The molecule has 0 saturated heterocycles. The molecule has 0 unspecified atom stereocenters. The van der Waals surface area contributed by atoms with E-state index in [1.54, 1.807) is 7.11 Å². The van der Waals surface area contributed by atoms with E-state index in [4.69, 9.17) is 9.15 Å². The van der Waals surface area contributed by atoms with Crippen LogP contribution in [0.5, 0.6) is 0 Å². The van der Waals surface area contributed by atoms with Gasteiger partial charge in [-0.15, -0.1) is 0 Å². The Morgan fingerprint density at radius 3 is 2.79 bits per heavy atom. The van der Waals surface area contributed by atoms with Crippen molar-refractivity contribution in [1.29, 1.82) is 0 Å². The second-order valence-electron chi connectivity index (χ2n) is 4.86. The number of furan rings is 1. The van der Waals surface area contributed by atoms with Gasteiger partial charge in [-0.1, -0.05) is 13.8 Å². The molecule has 0 amide bonds. The molecule has 1 aromatic rings. The van der Waals surface area contributed by atoms with Crippen molar-refractivity contribution >= 4 is 0 Å². The van der Waals surface area contributed by atoms with Crippen LogP contribution in [0.2, 0.25) is 0 Å². The van der Waals surface area contributed by atoms with Gasteiger partial charge in [-0.05, 0) is 38.1 Å². The van der Waals surface area contributed by atoms with Crippen LogP contribution in [0.15, 0.2) is 10.5 Å². The molecular weight excluding hydrogens is 240 g/mol. The van der Waals surface area contributed by atoms with Gasteiger partial charge in [-0.3, -0.25) is 4.90 Å². The van der Waals surface area contributed by atoms with Crippen LogP contribution >= 0.6 is 0 Å². The second kappa shape index (κ2) is 9.13. The number of nitrogens with zero attached hydrogens (tertiary/aromatic N) is 1. The first kappa shape index (κ1) is 16.2. The van der Waals surface area contributed by atoms with Crippen LogP contribution in [-0.2, 0) is 17.8 Å². The fourth-order valence-corrected chi connectivity index (χ4v) is 2.01. The van der Waals surface area contributed by atoms with Crippen LogP contribution < -0.4 is 5.32 Å². The molecule has 0 aliphatic carbocycles. The summed E-state index contributed by atoms with van der Waals surface area (Å²) in [5.41, 5.74) is 1.24. The largest absolute Gasteiger partial charge is 0.463 e. The van der Waals surface area contributed by atoms with Gasteiger partial charge >= 0.3 is 0 Å². The molecular formula is C15H28N2O2. The lowest BCUT2D eigenvalue weighted by atomic mass is 10.2. The Morgan fingerprint density at radius 1 is 1.37 bits per heavy atom. The van der Waals surface area contributed by atoms with Crippen molar-refractivity contribution in [2.24, 2.45) is 0 Å². The van der Waals surface area contributed by atoms with Crippen molar-refractivity contribution in [3.63, 3.8) is 0 Å². The number of aryl methyl sites for hydroxylation is 1. The van der Waals surface area contributed by atoms with E-state index in [0.29, 0.717) is 0 Å². The first-order valence-electron chi connectivity index (χ1n) is 7.21. The normalized spacial score (nSPS) is 11.4. The number of hydrogen-bond acceptors (Lipinski definition) is 4. The van der Waals surface area contributed by atoms with Crippen molar-refractivity contribution in [2.75, 3.05) is 33.4 Å². The highest BCUT2D eigenvalue weighted by molar-refractivity contribution is 5.20. The number of likely N-dealkylation sites (N-methyl/N-ethyl adjacent to an activating group) is 1. The highest BCUT2D eigenvalue weighted by Gasteiger charge is 2.10. The summed E-state index contributed by atoms with van der Waals surface area (Å²) in [5, 5.41) is 3.38. The molecule has 0 fully saturated rings. The fourth-order valence-electron chi connectivity index (χ4n) is 2.01. The van der Waals surface area contributed by atoms with E-state index in [2.05, 4.69) is 37.1 Å². The molecule has 1 aromatic heterocycles. The smallest absolute Gasteiger partial charge is 0.120 e. The summed E-state index contributed by atoms with van der Waals surface area (Å²) in [6.07, 6.45) is 1.15. The molecule has 0 saturated carbocycles. The Hall–Kier alpha value is -0.840. The highest BCUT2D eigenvalue weighted by Crippen LogP contribution is 2.16. The standard InChI is InChI=1S/C15H28N2O2/c1-5-7-16-11-15-13(3)10-14(19-15)12-17(6-2)8-9-18-4/h10,16H,5-9,11-12H2,1-4H3. The van der Waals surface area contributed by atoms with Crippen molar-refractivity contribution in [2.45, 2.75) is 40.3 Å². The van der Waals surface area contributed by atoms with E-state index >= 15 is 0 Å². The average molecular weight is 268 g/mol. The minimum atomic E-state index is 0.762. The number of nitrogens with one attached hydrogen (secondary N) is 1. The third-order valence-electron chi connectivity index (χ3n) is 3.22. The van der Waals surface area contributed by atoms with Crippen molar-refractivity contribution in [3.05, 3.63) is 23.2 Å². The molecule has 0 atom stereocenters. The fraction of sp³-hybridized carbons (Fsp3) is 0.733. The van der Waals surface area contributed by atoms with Crippen molar-refractivity contribution in [3.8, 4) is 0 Å². The summed E-state index contributed by atoms with van der Waals surface area (Å²) in [6, 6.07) is 2.15. The molecule has 0 aromatic carbocycles. The Bertz CT molecular complexity index is 350. The molecule has 4 nitrogen and oxygen atoms in total. The van der Waals surface area contributed by atoms with E-state index in [1.807, 2.05) is 0 Å². The first-order valence-corrected chi connectivity index (χ1v) is 7.21. The number of rotatable bonds is 10. The van der Waals surface area contributed by atoms with Crippen LogP contribution in [0.4, 0.5) is 0 Å². The summed E-state index contributed by atoms with van der Waals surface area (Å²) in [7, 11) is 1.74. The lowest BCUT2D eigenvalue weighted by molar-refractivity contribution is 0.142. The predicted molar refractivity (Wildman–Crippen MR) is 78.3 cm³/mol. The maximum Gasteiger partial charge on any atom is 0.120 e. The summed E-state index contributed by atoms with van der Waals surface area (Å²) < 4.78 is 11.1. The maximum atomic E-state index is 5.93. The monoisotopic (exact) mass is 268 g/mol. The third-order valence-corrected chi connectivity index (χ3v) is 3.22. The molecule has 0 aliphatic rings. The van der Waals surface area contributed by atoms with E-state index < -0.39 is 0 Å². The van der Waals surface area contributed by atoms with E-state index in [-0.39, 0.29) is 0 Å². The third kappa shape index (κ3) is 5.76. The van der Waals surface area contributed by atoms with Crippen LogP contribution in [0.3, 0.4) is 0 Å². The molecule has 1 N–H and O–H groups in total. The maximum absolute atomic E-state index is 5.93. The Morgan fingerprint density at radius 2 is 2.16 bits per heavy atom. The second-order valence-corrected chi connectivity index (χ2v) is 4.86. The zero-order chi connectivity index (χ0) is 14.1. The Kier molecular flexibility index (Phi) is 7.79. The Balaban J connectivity index is 2.51. The van der Waals surface area contributed by atoms with E-state index in [0.717, 1.165) is 57.3 Å². The molecule has 0 spiro atoms. The minimum absolute atomic E-state index is 0.762. The topological polar surface area (TPSA) is 37.6 Å². The van der Waals surface area contributed by atoms with Crippen molar-refractivity contribution in [1.82, 2.24) is 10.2 Å². The minimum Gasteiger partial charge on any atom is -0.463 e. The Labute approximate surface area is 117 Å². The predicted octanol–water partition coefficient (Wildman–Crippen LogP) is 2.56. The molecule has 0 radical (unpaired) electrons. The van der Waals surface area contributed by atoms with Crippen molar-refractivity contribution < 1.29 is 9.15 Å². The summed E-state index contributed by atoms with van der Waals surface area (Å²) in [5.74, 6) is 2.11. The van der Waals surface area contributed by atoms with Crippen LogP contribution in [0.1, 0.15) is 37.4 Å². The number of hydrogen-bond donors (Lipinski definition) is 1. The molecule has 0 bridgehead atoms. The molecule has 0 aliphatic heterocycles. The lowest BCUT2D eigenvalue weighted by Gasteiger charge is -2.18. The van der Waals surface area contributed by atoms with Crippen LogP contribution in [-0.4, -0.2) is 38.3 Å². The van der Waals surface area contributed by atoms with E-state index in [9.17, 15) is 0 Å². The van der Waals surface area contributed by atoms with Gasteiger partial charge < -0.3 is 14.5 Å². The summed E-state index contributed by atoms with van der Waals surface area (Å²) in [6.45, 7) is 11.9. The van der Waals surface area contributed by atoms with Gasteiger partial charge in [0.25, 0.3) is 0 Å². The lowest BCUT2D eigenvalue weighted by Crippen LogP contribution is -2.26. The highest BCUT2D eigenvalue weighted by atomic mass is 16.5. The van der Waals surface area contributed by atoms with Gasteiger partial charge in [0.1, 0.15) is 11.5 Å². The van der Waals surface area contributed by atoms with Gasteiger partial charge in [0.15, 0.2) is 0 Å². The van der Waals surface area contributed by atoms with Gasteiger partial charge in [-0.25, -0.2) is 0 Å². The van der Waals surface area contributed by atoms with Crippen LogP contribution in [0.25, 0.3) is 0 Å². The zero-order valence-corrected chi connectivity index (χ0v) is 12.8. The summed E-state index contributed by atoms with van der Waals surface area (Å²) >= 11 is 0. The molecule has 1 heterocycles. The zero-order valence-electron chi connectivity index (χ0n) is 12.8. The molecule has 110 valence electrons. The first-order chi connectivity index (χ1) is 9.21. The SMILES string of the molecule is CCCNCc1oc(CN(CC)CCOC)cc1C. The quantitative estimate of drug-likeness (QED) is 0.662. The van der Waals surface area contributed by atoms with Gasteiger partial charge in [0.2, 0.25) is 0 Å². The van der Waals surface area contributed by atoms with E-state index in [1.165, 1.54) is 5.56 Å². The number of ether oxygens (including phenoxy) is 1. The average Bonchev–Trinajstić information content (AvgIpc) is 2.75. The molecule has 1 rings (SSSR count). The van der Waals surface area contributed by atoms with Gasteiger partial charge in [-0.2, -0.15) is 0 Å². The number of methoxy groups -OCH3 is 1. The van der Waals surface area contributed by atoms with Gasteiger partial charge in [0, 0.05) is 13.7 Å². The van der Waals surface area contributed by atoms with Crippen LogP contribution in [0, 0.1) is 6.92 Å². The van der Waals surface area contributed by atoms with Gasteiger partial charge in [0.05, 0.1) is 19.7 Å². The molecule has 19 heavy (non-hydrogen) atoms.